The van der Waals surface area contributed by atoms with Crippen molar-refractivity contribution in [1.82, 2.24) is 10.6 Å². The van der Waals surface area contributed by atoms with Crippen molar-refractivity contribution in [1.29, 1.82) is 0 Å². The van der Waals surface area contributed by atoms with Crippen LogP contribution in [0.4, 0.5) is 4.79 Å². The lowest BCUT2D eigenvalue weighted by molar-refractivity contribution is -0.119. The van der Waals surface area contributed by atoms with Crippen LogP contribution >= 0.6 is 23.4 Å². The molecule has 4 nitrogen and oxygen atoms in total. The highest BCUT2D eigenvalue weighted by atomic mass is 35.5. The lowest BCUT2D eigenvalue weighted by atomic mass is 10.2. The number of amides is 3. The van der Waals surface area contributed by atoms with Crippen molar-refractivity contribution < 1.29 is 9.59 Å². The Morgan fingerprint density at radius 1 is 1.50 bits per heavy atom. The molecule has 92 valence electrons. The van der Waals surface area contributed by atoms with E-state index in [1.54, 1.807) is 0 Å². The molecular weight excluding hydrogens is 248 g/mol. The highest BCUT2D eigenvalue weighted by Crippen LogP contribution is 2.24. The molecule has 1 fully saturated rings. The van der Waals surface area contributed by atoms with E-state index in [2.05, 4.69) is 10.6 Å². The van der Waals surface area contributed by atoms with Gasteiger partial charge in [-0.05, 0) is 25.5 Å². The Hall–Kier alpha value is -0.420. The number of carbonyl (C=O) groups is 2. The Bertz CT molecular complexity index is 255. The van der Waals surface area contributed by atoms with Gasteiger partial charge in [-0.25, -0.2) is 4.79 Å². The first kappa shape index (κ1) is 13.6. The van der Waals surface area contributed by atoms with Crippen LogP contribution in [0.25, 0.3) is 0 Å². The number of hydrogen-bond acceptors (Lipinski definition) is 3. The van der Waals surface area contributed by atoms with Gasteiger partial charge in [0.15, 0.2) is 0 Å². The summed E-state index contributed by atoms with van der Waals surface area (Å²) in [4.78, 5) is 22.4. The summed E-state index contributed by atoms with van der Waals surface area (Å²) >= 11 is 7.40. The van der Waals surface area contributed by atoms with Crippen LogP contribution in [-0.2, 0) is 4.79 Å². The van der Waals surface area contributed by atoms with E-state index in [1.807, 2.05) is 11.8 Å². The van der Waals surface area contributed by atoms with Crippen LogP contribution in [0.3, 0.4) is 0 Å². The van der Waals surface area contributed by atoms with Crippen molar-refractivity contribution in [3.63, 3.8) is 0 Å². The fourth-order valence-corrected chi connectivity index (χ4v) is 2.72. The van der Waals surface area contributed by atoms with Gasteiger partial charge in [-0.1, -0.05) is 6.42 Å². The number of alkyl halides is 1. The van der Waals surface area contributed by atoms with Crippen molar-refractivity contribution in [3.05, 3.63) is 0 Å². The Labute approximate surface area is 105 Å². The minimum Gasteiger partial charge on any atom is -0.337 e. The Morgan fingerprint density at radius 3 is 2.81 bits per heavy atom. The molecule has 0 aromatic rings. The van der Waals surface area contributed by atoms with E-state index >= 15 is 0 Å². The Kier molecular flexibility index (Phi) is 5.98. The van der Waals surface area contributed by atoms with Gasteiger partial charge in [-0.15, -0.1) is 11.6 Å². The maximum Gasteiger partial charge on any atom is 0.321 e. The smallest absolute Gasteiger partial charge is 0.321 e. The van der Waals surface area contributed by atoms with Crippen LogP contribution in [-0.4, -0.2) is 34.9 Å². The number of carbonyl (C=O) groups excluding carboxylic acids is 2. The molecule has 0 saturated carbocycles. The minimum absolute atomic E-state index is 0.455. The Balaban J connectivity index is 2.16. The summed E-state index contributed by atoms with van der Waals surface area (Å²) < 4.78 is 0. The first-order valence-electron chi connectivity index (χ1n) is 5.44. The predicted molar refractivity (Wildman–Crippen MR) is 67.0 cm³/mol. The van der Waals surface area contributed by atoms with Gasteiger partial charge >= 0.3 is 6.03 Å². The van der Waals surface area contributed by atoms with Crippen LogP contribution in [0.5, 0.6) is 0 Å². The number of halogens is 1. The third-order valence-corrected chi connectivity index (χ3v) is 3.96. The molecule has 0 spiro atoms. The van der Waals surface area contributed by atoms with Gasteiger partial charge in [0.25, 0.3) is 0 Å². The molecule has 2 N–H and O–H groups in total. The van der Waals surface area contributed by atoms with E-state index in [0.29, 0.717) is 11.8 Å². The zero-order valence-electron chi connectivity index (χ0n) is 9.29. The second kappa shape index (κ2) is 7.01. The SMILES string of the molecule is CC(Cl)C(=O)NC(=O)NCC1CCCCS1. The van der Waals surface area contributed by atoms with Crippen molar-refractivity contribution >= 4 is 35.3 Å². The molecule has 1 heterocycles. The van der Waals surface area contributed by atoms with Crippen molar-refractivity contribution in [3.8, 4) is 0 Å². The van der Waals surface area contributed by atoms with Crippen LogP contribution in [0.2, 0.25) is 0 Å². The average Bonchev–Trinajstić information content (AvgIpc) is 2.27. The molecule has 1 saturated heterocycles. The van der Waals surface area contributed by atoms with Crippen LogP contribution in [0, 0.1) is 0 Å². The van der Waals surface area contributed by atoms with Gasteiger partial charge in [-0.2, -0.15) is 11.8 Å². The van der Waals surface area contributed by atoms with Crippen LogP contribution in [0.1, 0.15) is 26.2 Å². The minimum atomic E-state index is -0.685. The van der Waals surface area contributed by atoms with Gasteiger partial charge in [0.2, 0.25) is 5.91 Å². The number of urea groups is 1. The molecule has 0 aromatic heterocycles. The van der Waals surface area contributed by atoms with Gasteiger partial charge in [0, 0.05) is 11.8 Å². The standard InChI is InChI=1S/C10H17ClN2O2S/c1-7(11)9(14)13-10(15)12-6-8-4-2-3-5-16-8/h7-8H,2-6H2,1H3,(H2,12,13,14,15). The first-order chi connectivity index (χ1) is 7.59. The molecule has 1 rings (SSSR count). The van der Waals surface area contributed by atoms with Crippen LogP contribution in [0.15, 0.2) is 0 Å². The molecule has 1 aliphatic rings. The zero-order chi connectivity index (χ0) is 12.0. The quantitative estimate of drug-likeness (QED) is 0.764. The normalized spacial score (nSPS) is 22.2. The third-order valence-electron chi connectivity index (χ3n) is 2.36. The summed E-state index contributed by atoms with van der Waals surface area (Å²) in [6.07, 6.45) is 3.61. The summed E-state index contributed by atoms with van der Waals surface area (Å²) in [5, 5.41) is 4.67. The summed E-state index contributed by atoms with van der Waals surface area (Å²) in [6.45, 7) is 2.14. The molecule has 3 amide bonds. The number of rotatable bonds is 3. The largest absolute Gasteiger partial charge is 0.337 e. The monoisotopic (exact) mass is 264 g/mol. The lowest BCUT2D eigenvalue weighted by Crippen LogP contribution is -2.44. The van der Waals surface area contributed by atoms with Crippen molar-refractivity contribution in [2.45, 2.75) is 36.8 Å². The highest BCUT2D eigenvalue weighted by molar-refractivity contribution is 7.99. The second-order valence-electron chi connectivity index (χ2n) is 3.80. The molecule has 1 aliphatic heterocycles. The summed E-state index contributed by atoms with van der Waals surface area (Å²) in [7, 11) is 0. The van der Waals surface area contributed by atoms with Gasteiger partial charge in [0.1, 0.15) is 5.38 Å². The maximum atomic E-state index is 11.3. The van der Waals surface area contributed by atoms with E-state index in [4.69, 9.17) is 11.6 Å². The second-order valence-corrected chi connectivity index (χ2v) is 5.87. The van der Waals surface area contributed by atoms with E-state index in [1.165, 1.54) is 19.8 Å². The summed E-state index contributed by atoms with van der Waals surface area (Å²) in [6, 6.07) is -0.455. The van der Waals surface area contributed by atoms with E-state index < -0.39 is 17.3 Å². The topological polar surface area (TPSA) is 58.2 Å². The summed E-state index contributed by atoms with van der Waals surface area (Å²) in [5.41, 5.74) is 0. The first-order valence-corrected chi connectivity index (χ1v) is 6.92. The molecular formula is C10H17ClN2O2S. The van der Waals surface area contributed by atoms with Crippen molar-refractivity contribution in [2.24, 2.45) is 0 Å². The molecule has 0 aliphatic carbocycles. The molecule has 0 bridgehead atoms. The van der Waals surface area contributed by atoms with Crippen molar-refractivity contribution in [2.75, 3.05) is 12.3 Å². The Morgan fingerprint density at radius 2 is 2.25 bits per heavy atom. The number of thioether (sulfide) groups is 1. The molecule has 6 heteroatoms. The predicted octanol–water partition coefficient (Wildman–Crippen LogP) is 1.73. The van der Waals surface area contributed by atoms with Crippen LogP contribution < -0.4 is 10.6 Å². The van der Waals surface area contributed by atoms with E-state index in [9.17, 15) is 9.59 Å². The van der Waals surface area contributed by atoms with E-state index in [0.717, 1.165) is 12.2 Å². The summed E-state index contributed by atoms with van der Waals surface area (Å²) in [5.74, 6) is 0.696. The molecule has 2 unspecified atom stereocenters. The zero-order valence-corrected chi connectivity index (χ0v) is 10.9. The average molecular weight is 265 g/mol. The van der Waals surface area contributed by atoms with Gasteiger partial charge in [0.05, 0.1) is 0 Å². The van der Waals surface area contributed by atoms with Gasteiger partial charge < -0.3 is 5.32 Å². The van der Waals surface area contributed by atoms with Gasteiger partial charge in [-0.3, -0.25) is 10.1 Å². The van der Waals surface area contributed by atoms with E-state index in [-0.39, 0.29) is 0 Å². The molecule has 16 heavy (non-hydrogen) atoms. The number of imide groups is 1. The molecule has 0 aromatic carbocycles. The lowest BCUT2D eigenvalue weighted by Gasteiger charge is -2.21. The molecule has 0 radical (unpaired) electrons. The fraction of sp³-hybridized carbons (Fsp3) is 0.800. The number of hydrogen-bond donors (Lipinski definition) is 2. The highest BCUT2D eigenvalue weighted by Gasteiger charge is 2.16. The molecule has 2 atom stereocenters. The number of nitrogens with one attached hydrogen (secondary N) is 2. The maximum absolute atomic E-state index is 11.3. The fourth-order valence-electron chi connectivity index (χ4n) is 1.43. The third kappa shape index (κ3) is 5.07.